The van der Waals surface area contributed by atoms with E-state index in [0.29, 0.717) is 29.1 Å². The van der Waals surface area contributed by atoms with Gasteiger partial charge in [0.25, 0.3) is 0 Å². The van der Waals surface area contributed by atoms with Gasteiger partial charge in [0.2, 0.25) is 5.91 Å². The number of carbonyl (C=O) groups is 2. The lowest BCUT2D eigenvalue weighted by atomic mass is 9.93. The number of ether oxygens (including phenoxy) is 1. The molecule has 0 saturated carbocycles. The van der Waals surface area contributed by atoms with Gasteiger partial charge >= 0.3 is 5.97 Å². The SMILES string of the molecule is CCOC(=O)C(NC(=O)C1CC=CCC1)c1c(C)nn(-c2ccc(F)cc2)c1C. The van der Waals surface area contributed by atoms with E-state index < -0.39 is 12.0 Å². The Labute approximate surface area is 169 Å². The molecule has 1 amide bonds. The second kappa shape index (κ2) is 9.03. The van der Waals surface area contributed by atoms with Crippen molar-refractivity contribution in [1.82, 2.24) is 15.1 Å². The minimum Gasteiger partial charge on any atom is -0.464 e. The average molecular weight is 399 g/mol. The van der Waals surface area contributed by atoms with Crippen LogP contribution in [0, 0.1) is 25.6 Å². The Kier molecular flexibility index (Phi) is 6.46. The molecule has 0 spiro atoms. The number of hydrogen-bond donors (Lipinski definition) is 1. The van der Waals surface area contributed by atoms with E-state index in [1.165, 1.54) is 12.1 Å². The third-order valence-corrected chi connectivity index (χ3v) is 5.16. The first-order valence-corrected chi connectivity index (χ1v) is 9.86. The highest BCUT2D eigenvalue weighted by atomic mass is 19.1. The molecule has 2 unspecified atom stereocenters. The monoisotopic (exact) mass is 399 g/mol. The zero-order valence-corrected chi connectivity index (χ0v) is 16.9. The summed E-state index contributed by atoms with van der Waals surface area (Å²) in [5.74, 6) is -1.18. The van der Waals surface area contributed by atoms with Crippen LogP contribution >= 0.6 is 0 Å². The molecule has 2 aromatic rings. The Morgan fingerprint density at radius 3 is 2.62 bits per heavy atom. The molecule has 7 heteroatoms. The third kappa shape index (κ3) is 4.55. The van der Waals surface area contributed by atoms with Crippen LogP contribution < -0.4 is 5.32 Å². The zero-order valence-electron chi connectivity index (χ0n) is 16.9. The lowest BCUT2D eigenvalue weighted by Gasteiger charge is -2.22. The number of halogens is 1. The first kappa shape index (κ1) is 20.8. The van der Waals surface area contributed by atoms with E-state index >= 15 is 0 Å². The summed E-state index contributed by atoms with van der Waals surface area (Å²) in [5.41, 5.74) is 2.57. The van der Waals surface area contributed by atoms with Crippen LogP contribution in [0.15, 0.2) is 36.4 Å². The molecular formula is C22H26FN3O3. The van der Waals surface area contributed by atoms with Crippen molar-refractivity contribution in [3.63, 3.8) is 0 Å². The molecule has 29 heavy (non-hydrogen) atoms. The summed E-state index contributed by atoms with van der Waals surface area (Å²) >= 11 is 0. The second-order valence-electron chi connectivity index (χ2n) is 7.15. The number of aromatic nitrogens is 2. The lowest BCUT2D eigenvalue weighted by molar-refractivity contribution is -0.148. The number of amides is 1. The Hall–Kier alpha value is -2.96. The van der Waals surface area contributed by atoms with Crippen molar-refractivity contribution in [2.75, 3.05) is 6.61 Å². The van der Waals surface area contributed by atoms with Crippen LogP contribution in [0.25, 0.3) is 5.69 Å². The van der Waals surface area contributed by atoms with Crippen molar-refractivity contribution in [2.24, 2.45) is 5.92 Å². The van der Waals surface area contributed by atoms with Gasteiger partial charge in [-0.15, -0.1) is 0 Å². The molecule has 1 aromatic heterocycles. The van der Waals surface area contributed by atoms with Crippen LogP contribution in [0.4, 0.5) is 4.39 Å². The van der Waals surface area contributed by atoms with Gasteiger partial charge in [0.15, 0.2) is 6.04 Å². The van der Waals surface area contributed by atoms with Gasteiger partial charge in [0.05, 0.1) is 18.0 Å². The molecule has 1 heterocycles. The maximum atomic E-state index is 13.3. The van der Waals surface area contributed by atoms with E-state index in [1.807, 2.05) is 13.0 Å². The molecule has 1 N–H and O–H groups in total. The minimum atomic E-state index is -0.942. The molecule has 1 aromatic carbocycles. The van der Waals surface area contributed by atoms with Gasteiger partial charge in [-0.1, -0.05) is 12.2 Å². The van der Waals surface area contributed by atoms with Crippen LogP contribution in [0.2, 0.25) is 0 Å². The largest absolute Gasteiger partial charge is 0.464 e. The molecule has 0 aliphatic heterocycles. The normalized spacial score (nSPS) is 17.0. The molecule has 1 aliphatic rings. The number of allylic oxidation sites excluding steroid dienone is 2. The second-order valence-corrected chi connectivity index (χ2v) is 7.15. The zero-order chi connectivity index (χ0) is 21.0. The molecular weight excluding hydrogens is 373 g/mol. The highest BCUT2D eigenvalue weighted by Crippen LogP contribution is 2.27. The van der Waals surface area contributed by atoms with Crippen molar-refractivity contribution >= 4 is 11.9 Å². The van der Waals surface area contributed by atoms with Crippen LogP contribution in [-0.2, 0) is 14.3 Å². The number of nitrogens with zero attached hydrogens (tertiary/aromatic N) is 2. The van der Waals surface area contributed by atoms with Gasteiger partial charge in [-0.2, -0.15) is 5.10 Å². The highest BCUT2D eigenvalue weighted by Gasteiger charge is 2.32. The average Bonchev–Trinajstić information content (AvgIpc) is 3.01. The van der Waals surface area contributed by atoms with Crippen LogP contribution in [0.3, 0.4) is 0 Å². The number of nitrogens with one attached hydrogen (secondary N) is 1. The number of aryl methyl sites for hydroxylation is 1. The fraction of sp³-hybridized carbons (Fsp3) is 0.409. The van der Waals surface area contributed by atoms with Crippen LogP contribution in [0.5, 0.6) is 0 Å². The molecule has 2 atom stereocenters. The predicted molar refractivity (Wildman–Crippen MR) is 107 cm³/mol. The van der Waals surface area contributed by atoms with Crippen molar-refractivity contribution in [1.29, 1.82) is 0 Å². The van der Waals surface area contributed by atoms with E-state index in [4.69, 9.17) is 4.74 Å². The summed E-state index contributed by atoms with van der Waals surface area (Å²) < 4.78 is 20.2. The van der Waals surface area contributed by atoms with Gasteiger partial charge in [0, 0.05) is 17.2 Å². The van der Waals surface area contributed by atoms with Gasteiger partial charge in [0.1, 0.15) is 5.82 Å². The molecule has 3 rings (SSSR count). The molecule has 1 aliphatic carbocycles. The van der Waals surface area contributed by atoms with Gasteiger partial charge in [-0.3, -0.25) is 4.79 Å². The quantitative estimate of drug-likeness (QED) is 0.594. The minimum absolute atomic E-state index is 0.162. The van der Waals surface area contributed by atoms with Crippen molar-refractivity contribution in [3.8, 4) is 5.69 Å². The fourth-order valence-corrected chi connectivity index (χ4v) is 3.67. The fourth-order valence-electron chi connectivity index (χ4n) is 3.67. The standard InChI is InChI=1S/C22H26FN3O3/c1-4-29-22(28)20(24-21(27)16-8-6-5-7-9-16)19-14(2)25-26(15(19)3)18-12-10-17(23)11-13-18/h5-6,10-13,16,20H,4,7-9H2,1-3H3,(H,24,27). The number of rotatable bonds is 6. The first-order chi connectivity index (χ1) is 13.9. The summed E-state index contributed by atoms with van der Waals surface area (Å²) in [6.45, 7) is 5.54. The topological polar surface area (TPSA) is 73.2 Å². The summed E-state index contributed by atoms with van der Waals surface area (Å²) in [6, 6.07) is 5.00. The summed E-state index contributed by atoms with van der Waals surface area (Å²) in [4.78, 5) is 25.5. The predicted octanol–water partition coefficient (Wildman–Crippen LogP) is 3.70. The summed E-state index contributed by atoms with van der Waals surface area (Å²) in [6.07, 6.45) is 6.32. The lowest BCUT2D eigenvalue weighted by Crippen LogP contribution is -2.39. The molecule has 0 radical (unpaired) electrons. The molecule has 6 nitrogen and oxygen atoms in total. The smallest absolute Gasteiger partial charge is 0.333 e. The summed E-state index contributed by atoms with van der Waals surface area (Å²) in [5, 5.41) is 7.40. The van der Waals surface area contributed by atoms with Crippen LogP contribution in [0.1, 0.15) is 49.2 Å². The Balaban J connectivity index is 1.95. The van der Waals surface area contributed by atoms with E-state index in [9.17, 15) is 14.0 Å². The highest BCUT2D eigenvalue weighted by molar-refractivity contribution is 5.87. The van der Waals surface area contributed by atoms with E-state index in [-0.39, 0.29) is 24.2 Å². The first-order valence-electron chi connectivity index (χ1n) is 9.86. The molecule has 0 fully saturated rings. The summed E-state index contributed by atoms with van der Waals surface area (Å²) in [7, 11) is 0. The maximum Gasteiger partial charge on any atom is 0.333 e. The number of hydrogen-bond acceptors (Lipinski definition) is 4. The number of benzene rings is 1. The van der Waals surface area contributed by atoms with Gasteiger partial charge < -0.3 is 10.1 Å². The van der Waals surface area contributed by atoms with E-state index in [2.05, 4.69) is 16.5 Å². The van der Waals surface area contributed by atoms with Crippen molar-refractivity contribution < 1.29 is 18.7 Å². The third-order valence-electron chi connectivity index (χ3n) is 5.16. The Bertz CT molecular complexity index is 918. The molecule has 0 bridgehead atoms. The molecule has 154 valence electrons. The molecule has 0 saturated heterocycles. The Morgan fingerprint density at radius 2 is 2.00 bits per heavy atom. The van der Waals surface area contributed by atoms with Gasteiger partial charge in [-0.25, -0.2) is 13.9 Å². The van der Waals surface area contributed by atoms with Crippen LogP contribution in [-0.4, -0.2) is 28.3 Å². The van der Waals surface area contributed by atoms with E-state index in [0.717, 1.165) is 12.8 Å². The number of carbonyl (C=O) groups excluding carboxylic acids is 2. The van der Waals surface area contributed by atoms with E-state index in [1.54, 1.807) is 30.7 Å². The maximum absolute atomic E-state index is 13.3. The van der Waals surface area contributed by atoms with Crippen molar-refractivity contribution in [3.05, 3.63) is 59.2 Å². The Morgan fingerprint density at radius 1 is 1.28 bits per heavy atom. The van der Waals surface area contributed by atoms with Crippen molar-refractivity contribution in [2.45, 2.75) is 46.1 Å². The van der Waals surface area contributed by atoms with Gasteiger partial charge in [-0.05, 0) is 64.3 Å². The number of esters is 1.